The molecule has 1 aromatic heterocycles. The molecule has 1 aromatic rings. The van der Waals surface area contributed by atoms with Gasteiger partial charge >= 0.3 is 0 Å². The van der Waals surface area contributed by atoms with Gasteiger partial charge in [-0.15, -0.1) is 0 Å². The van der Waals surface area contributed by atoms with Crippen molar-refractivity contribution < 1.29 is 9.59 Å². The summed E-state index contributed by atoms with van der Waals surface area (Å²) in [7, 11) is 0. The largest absolute Gasteiger partial charge is 0.355 e. The molecule has 0 spiro atoms. The Morgan fingerprint density at radius 1 is 1.48 bits per heavy atom. The van der Waals surface area contributed by atoms with Crippen molar-refractivity contribution in [1.82, 2.24) is 20.6 Å². The molecule has 0 bridgehead atoms. The Labute approximate surface area is 148 Å². The number of hydrogen-bond acceptors (Lipinski definition) is 5. The standard InChI is InChI=1S/C18H27N5O2/c1-3-13-9-15(21-12-20-13)23-8-4-5-14(10-23)22-17(25)18(2)7-6-16(24)19-11-18/h9,12,14H,3-8,10-11H2,1-2H3,(H,19,24)(H,22,25)/t14-,18-/m0/s1. The molecular weight excluding hydrogens is 318 g/mol. The monoisotopic (exact) mass is 345 g/mol. The van der Waals surface area contributed by atoms with Crippen LogP contribution in [0.25, 0.3) is 0 Å². The van der Waals surface area contributed by atoms with Crippen molar-refractivity contribution in [3.8, 4) is 0 Å². The molecular formula is C18H27N5O2. The second-order valence-electron chi connectivity index (χ2n) is 7.32. The molecule has 2 aliphatic rings. The Kier molecular flexibility index (Phi) is 5.20. The van der Waals surface area contributed by atoms with E-state index >= 15 is 0 Å². The van der Waals surface area contributed by atoms with Gasteiger partial charge in [-0.1, -0.05) is 6.92 Å². The van der Waals surface area contributed by atoms with Gasteiger partial charge in [-0.3, -0.25) is 9.59 Å². The first-order valence-electron chi connectivity index (χ1n) is 9.14. The summed E-state index contributed by atoms with van der Waals surface area (Å²) in [5, 5.41) is 6.01. The first kappa shape index (κ1) is 17.6. The molecule has 7 nitrogen and oxygen atoms in total. The second-order valence-corrected chi connectivity index (χ2v) is 7.32. The van der Waals surface area contributed by atoms with Crippen molar-refractivity contribution in [2.45, 2.75) is 52.0 Å². The van der Waals surface area contributed by atoms with E-state index in [0.717, 1.165) is 43.9 Å². The molecule has 2 atom stereocenters. The third-order valence-corrected chi connectivity index (χ3v) is 5.28. The summed E-state index contributed by atoms with van der Waals surface area (Å²) in [6, 6.07) is 2.14. The summed E-state index contributed by atoms with van der Waals surface area (Å²) in [6.45, 7) is 6.13. The van der Waals surface area contributed by atoms with E-state index in [2.05, 4.69) is 32.4 Å². The van der Waals surface area contributed by atoms with Crippen LogP contribution in [0.15, 0.2) is 12.4 Å². The first-order valence-corrected chi connectivity index (χ1v) is 9.14. The number of carbonyl (C=O) groups is 2. The van der Waals surface area contributed by atoms with Crippen molar-refractivity contribution in [2.24, 2.45) is 5.41 Å². The van der Waals surface area contributed by atoms with Crippen molar-refractivity contribution in [2.75, 3.05) is 24.5 Å². The third kappa shape index (κ3) is 4.08. The molecule has 3 rings (SSSR count). The van der Waals surface area contributed by atoms with Crippen LogP contribution in [-0.4, -0.2) is 47.5 Å². The van der Waals surface area contributed by atoms with E-state index in [0.29, 0.717) is 19.4 Å². The zero-order valence-corrected chi connectivity index (χ0v) is 15.0. The van der Waals surface area contributed by atoms with E-state index in [-0.39, 0.29) is 17.9 Å². The van der Waals surface area contributed by atoms with Crippen molar-refractivity contribution in [1.29, 1.82) is 0 Å². The lowest BCUT2D eigenvalue weighted by atomic mass is 9.81. The summed E-state index contributed by atoms with van der Waals surface area (Å²) >= 11 is 0. The fourth-order valence-electron chi connectivity index (χ4n) is 3.47. The average molecular weight is 345 g/mol. The van der Waals surface area contributed by atoms with Crippen LogP contribution in [0, 0.1) is 5.41 Å². The van der Waals surface area contributed by atoms with E-state index < -0.39 is 5.41 Å². The Bertz CT molecular complexity index is 638. The Hall–Kier alpha value is -2.18. The van der Waals surface area contributed by atoms with Crippen LogP contribution in [0.1, 0.15) is 45.2 Å². The number of nitrogens with zero attached hydrogens (tertiary/aromatic N) is 3. The van der Waals surface area contributed by atoms with Gasteiger partial charge in [0.05, 0.1) is 5.41 Å². The molecule has 2 N–H and O–H groups in total. The van der Waals surface area contributed by atoms with Crippen molar-refractivity contribution >= 4 is 17.6 Å². The lowest BCUT2D eigenvalue weighted by Crippen LogP contribution is -2.55. The summed E-state index contributed by atoms with van der Waals surface area (Å²) in [5.41, 5.74) is 0.516. The van der Waals surface area contributed by atoms with Crippen LogP contribution in [0.2, 0.25) is 0 Å². The first-order chi connectivity index (χ1) is 12.0. The normalized spacial score (nSPS) is 26.9. The second kappa shape index (κ2) is 7.37. The van der Waals surface area contributed by atoms with Gasteiger partial charge < -0.3 is 15.5 Å². The van der Waals surface area contributed by atoms with Gasteiger partial charge in [0, 0.05) is 43.9 Å². The third-order valence-electron chi connectivity index (χ3n) is 5.28. The van der Waals surface area contributed by atoms with Gasteiger partial charge in [-0.2, -0.15) is 0 Å². The Morgan fingerprint density at radius 2 is 2.32 bits per heavy atom. The number of carbonyl (C=O) groups excluding carboxylic acids is 2. The minimum absolute atomic E-state index is 0.0320. The molecule has 0 unspecified atom stereocenters. The van der Waals surface area contributed by atoms with E-state index in [1.807, 2.05) is 13.0 Å². The SMILES string of the molecule is CCc1cc(N2CCC[C@H](NC(=O)[C@@]3(C)CCC(=O)NC3)C2)ncn1. The maximum absolute atomic E-state index is 12.7. The predicted octanol–water partition coefficient (Wildman–Crippen LogP) is 1.04. The average Bonchev–Trinajstić information content (AvgIpc) is 2.64. The zero-order valence-electron chi connectivity index (χ0n) is 15.0. The molecule has 0 saturated carbocycles. The smallest absolute Gasteiger partial charge is 0.228 e. The van der Waals surface area contributed by atoms with Crippen LogP contribution >= 0.6 is 0 Å². The number of piperidine rings is 2. The molecule has 2 fully saturated rings. The topological polar surface area (TPSA) is 87.2 Å². The van der Waals surface area contributed by atoms with E-state index in [1.54, 1.807) is 6.33 Å². The molecule has 0 aliphatic carbocycles. The summed E-state index contributed by atoms with van der Waals surface area (Å²) in [6.07, 6.45) is 5.50. The molecule has 25 heavy (non-hydrogen) atoms. The van der Waals surface area contributed by atoms with E-state index in [4.69, 9.17) is 0 Å². The maximum Gasteiger partial charge on any atom is 0.228 e. The highest BCUT2D eigenvalue weighted by Crippen LogP contribution is 2.27. The number of rotatable bonds is 4. The quantitative estimate of drug-likeness (QED) is 0.851. The van der Waals surface area contributed by atoms with Crippen LogP contribution in [0.5, 0.6) is 0 Å². The predicted molar refractivity (Wildman–Crippen MR) is 95.1 cm³/mol. The zero-order chi connectivity index (χ0) is 17.9. The van der Waals surface area contributed by atoms with Gasteiger partial charge in [0.15, 0.2) is 0 Å². The lowest BCUT2D eigenvalue weighted by molar-refractivity contribution is -0.135. The number of aryl methyl sites for hydroxylation is 1. The highest BCUT2D eigenvalue weighted by molar-refractivity contribution is 5.86. The highest BCUT2D eigenvalue weighted by atomic mass is 16.2. The summed E-state index contributed by atoms with van der Waals surface area (Å²) < 4.78 is 0. The molecule has 7 heteroatoms. The fraction of sp³-hybridized carbons (Fsp3) is 0.667. The Balaban J connectivity index is 1.61. The molecule has 2 aliphatic heterocycles. The summed E-state index contributed by atoms with van der Waals surface area (Å²) in [4.78, 5) is 35.0. The van der Waals surface area contributed by atoms with Gasteiger partial charge in [-0.05, 0) is 32.6 Å². The van der Waals surface area contributed by atoms with Gasteiger partial charge in [0.1, 0.15) is 12.1 Å². The molecule has 3 heterocycles. The molecule has 0 aromatic carbocycles. The minimum atomic E-state index is -0.513. The molecule has 2 amide bonds. The Morgan fingerprint density at radius 3 is 3.04 bits per heavy atom. The van der Waals surface area contributed by atoms with E-state index in [1.165, 1.54) is 0 Å². The number of aromatic nitrogens is 2. The number of nitrogens with one attached hydrogen (secondary N) is 2. The highest BCUT2D eigenvalue weighted by Gasteiger charge is 2.38. The summed E-state index contributed by atoms with van der Waals surface area (Å²) in [5.74, 6) is 1.00. The molecule has 136 valence electrons. The van der Waals surface area contributed by atoms with Crippen LogP contribution in [0.3, 0.4) is 0 Å². The van der Waals surface area contributed by atoms with Crippen molar-refractivity contribution in [3.05, 3.63) is 18.1 Å². The van der Waals surface area contributed by atoms with Crippen molar-refractivity contribution in [3.63, 3.8) is 0 Å². The van der Waals surface area contributed by atoms with Gasteiger partial charge in [-0.25, -0.2) is 9.97 Å². The maximum atomic E-state index is 12.7. The minimum Gasteiger partial charge on any atom is -0.355 e. The lowest BCUT2D eigenvalue weighted by Gasteiger charge is -2.37. The van der Waals surface area contributed by atoms with Crippen LogP contribution in [0.4, 0.5) is 5.82 Å². The van der Waals surface area contributed by atoms with Crippen LogP contribution < -0.4 is 15.5 Å². The number of amides is 2. The van der Waals surface area contributed by atoms with Crippen LogP contribution in [-0.2, 0) is 16.0 Å². The van der Waals surface area contributed by atoms with Gasteiger partial charge in [0.25, 0.3) is 0 Å². The van der Waals surface area contributed by atoms with E-state index in [9.17, 15) is 9.59 Å². The van der Waals surface area contributed by atoms with Gasteiger partial charge in [0.2, 0.25) is 11.8 Å². The number of hydrogen-bond donors (Lipinski definition) is 2. The molecule has 0 radical (unpaired) electrons. The molecule has 2 saturated heterocycles. The fourth-order valence-corrected chi connectivity index (χ4v) is 3.47. The number of anilines is 1.